The van der Waals surface area contributed by atoms with Gasteiger partial charge in [0.15, 0.2) is 6.29 Å². The van der Waals surface area contributed by atoms with E-state index in [1.54, 1.807) is 0 Å². The van der Waals surface area contributed by atoms with Crippen LogP contribution in [0.4, 0.5) is 0 Å². The highest BCUT2D eigenvalue weighted by molar-refractivity contribution is 5.61. The monoisotopic (exact) mass is 188 g/mol. The van der Waals surface area contributed by atoms with Crippen LogP contribution < -0.4 is 0 Å². The lowest BCUT2D eigenvalue weighted by molar-refractivity contribution is -0.134. The molecule has 0 aliphatic carbocycles. The number of aliphatic hydroxyl groups is 1. The number of ether oxygens (including phenoxy) is 2. The average Bonchev–Trinajstić information content (AvgIpc) is 2.17. The molecule has 0 aromatic rings. The van der Waals surface area contributed by atoms with Crippen LogP contribution in [-0.2, 0) is 14.3 Å². The van der Waals surface area contributed by atoms with Gasteiger partial charge in [-0.1, -0.05) is 0 Å². The summed E-state index contributed by atoms with van der Waals surface area (Å²) in [7, 11) is 0. The van der Waals surface area contributed by atoms with E-state index in [9.17, 15) is 9.90 Å². The largest absolute Gasteiger partial charge is 0.381 e. The minimum Gasteiger partial charge on any atom is -0.381 e. The van der Waals surface area contributed by atoms with Gasteiger partial charge in [0.1, 0.15) is 5.60 Å². The Morgan fingerprint density at radius 3 is 2.77 bits per heavy atom. The highest BCUT2D eigenvalue weighted by Gasteiger charge is 2.22. The fourth-order valence-electron chi connectivity index (χ4n) is 1.16. The Hall–Kier alpha value is -0.450. The average molecular weight is 188 g/mol. The van der Waals surface area contributed by atoms with Crippen LogP contribution in [0.2, 0.25) is 0 Å². The Balaban J connectivity index is 2.20. The summed E-state index contributed by atoms with van der Waals surface area (Å²) in [5.41, 5.74) is -1.35. The van der Waals surface area contributed by atoms with Crippen molar-refractivity contribution in [1.82, 2.24) is 0 Å². The zero-order valence-corrected chi connectivity index (χ0v) is 7.86. The van der Waals surface area contributed by atoms with Gasteiger partial charge in [0.2, 0.25) is 0 Å². The van der Waals surface area contributed by atoms with Crippen molar-refractivity contribution in [1.29, 1.82) is 0 Å². The molecule has 1 fully saturated rings. The Kier molecular flexibility index (Phi) is 3.84. The van der Waals surface area contributed by atoms with Gasteiger partial charge in [0, 0.05) is 13.2 Å². The van der Waals surface area contributed by atoms with Gasteiger partial charge in [0.05, 0.1) is 12.7 Å². The Bertz CT molecular complexity index is 161. The van der Waals surface area contributed by atoms with Crippen LogP contribution in [0.1, 0.15) is 19.8 Å². The number of hydrogen-bond acceptors (Lipinski definition) is 4. The molecule has 0 aromatic heterocycles. The van der Waals surface area contributed by atoms with E-state index < -0.39 is 5.60 Å². The first-order valence-electron chi connectivity index (χ1n) is 4.52. The topological polar surface area (TPSA) is 55.8 Å². The van der Waals surface area contributed by atoms with Crippen LogP contribution in [-0.4, -0.2) is 42.9 Å². The molecule has 13 heavy (non-hydrogen) atoms. The summed E-state index contributed by atoms with van der Waals surface area (Å²) < 4.78 is 10.5. The third kappa shape index (κ3) is 3.85. The summed E-state index contributed by atoms with van der Waals surface area (Å²) in [6, 6.07) is 0. The van der Waals surface area contributed by atoms with Gasteiger partial charge in [-0.05, 0) is 19.8 Å². The van der Waals surface area contributed by atoms with Gasteiger partial charge in [-0.25, -0.2) is 0 Å². The van der Waals surface area contributed by atoms with E-state index in [-0.39, 0.29) is 12.7 Å². The van der Waals surface area contributed by atoms with Crippen molar-refractivity contribution >= 4 is 6.29 Å². The van der Waals surface area contributed by atoms with E-state index >= 15 is 0 Å². The van der Waals surface area contributed by atoms with Crippen LogP contribution in [0, 0.1) is 0 Å². The van der Waals surface area contributed by atoms with Crippen molar-refractivity contribution in [3.63, 3.8) is 0 Å². The van der Waals surface area contributed by atoms with Crippen molar-refractivity contribution in [2.24, 2.45) is 0 Å². The standard InChI is InChI=1S/C9H16O4/c1-9(11,6-10)7-13-8-2-4-12-5-3-8/h6,8,11H,2-5,7H2,1H3/t9-/m1/s1. The fourth-order valence-corrected chi connectivity index (χ4v) is 1.16. The first kappa shape index (κ1) is 10.6. The van der Waals surface area contributed by atoms with Gasteiger partial charge in [-0.15, -0.1) is 0 Å². The van der Waals surface area contributed by atoms with E-state index in [0.29, 0.717) is 19.5 Å². The number of carbonyl (C=O) groups is 1. The van der Waals surface area contributed by atoms with Crippen LogP contribution in [0.15, 0.2) is 0 Å². The maximum absolute atomic E-state index is 10.3. The molecule has 1 aliphatic heterocycles. The molecular formula is C9H16O4. The van der Waals surface area contributed by atoms with Gasteiger partial charge in [-0.3, -0.25) is 0 Å². The number of rotatable bonds is 4. The zero-order valence-electron chi connectivity index (χ0n) is 7.86. The molecule has 76 valence electrons. The first-order chi connectivity index (χ1) is 6.14. The highest BCUT2D eigenvalue weighted by atomic mass is 16.5. The number of carbonyl (C=O) groups excluding carboxylic acids is 1. The van der Waals surface area contributed by atoms with Crippen molar-refractivity contribution in [2.45, 2.75) is 31.5 Å². The van der Waals surface area contributed by atoms with E-state index in [0.717, 1.165) is 12.8 Å². The van der Waals surface area contributed by atoms with Crippen molar-refractivity contribution in [2.75, 3.05) is 19.8 Å². The summed E-state index contributed by atoms with van der Waals surface area (Å²) >= 11 is 0. The lowest BCUT2D eigenvalue weighted by Gasteiger charge is -2.25. The normalized spacial score (nSPS) is 23.8. The third-order valence-corrected chi connectivity index (χ3v) is 2.03. The second kappa shape index (κ2) is 4.69. The lowest BCUT2D eigenvalue weighted by atomic mass is 10.1. The Morgan fingerprint density at radius 1 is 1.62 bits per heavy atom. The lowest BCUT2D eigenvalue weighted by Crippen LogP contribution is -2.36. The molecule has 0 amide bonds. The predicted molar refractivity (Wildman–Crippen MR) is 46.5 cm³/mol. The summed E-state index contributed by atoms with van der Waals surface area (Å²) in [5.74, 6) is 0. The SMILES string of the molecule is C[C@@](O)(C=O)COC1CCOCC1. The van der Waals surface area contributed by atoms with Gasteiger partial charge in [0.25, 0.3) is 0 Å². The molecule has 0 unspecified atom stereocenters. The molecule has 1 saturated heterocycles. The zero-order chi connectivity index (χ0) is 9.73. The molecule has 0 spiro atoms. The third-order valence-electron chi connectivity index (χ3n) is 2.03. The maximum atomic E-state index is 10.3. The maximum Gasteiger partial charge on any atom is 0.153 e. The van der Waals surface area contributed by atoms with Crippen LogP contribution in [0.25, 0.3) is 0 Å². The molecule has 1 rings (SSSR count). The van der Waals surface area contributed by atoms with Gasteiger partial charge < -0.3 is 19.4 Å². The first-order valence-corrected chi connectivity index (χ1v) is 4.52. The van der Waals surface area contributed by atoms with E-state index in [1.165, 1.54) is 6.92 Å². The van der Waals surface area contributed by atoms with Gasteiger partial charge >= 0.3 is 0 Å². The minimum atomic E-state index is -1.35. The van der Waals surface area contributed by atoms with E-state index in [2.05, 4.69) is 0 Å². The summed E-state index contributed by atoms with van der Waals surface area (Å²) in [6.45, 7) is 2.92. The molecule has 0 radical (unpaired) electrons. The van der Waals surface area contributed by atoms with Crippen molar-refractivity contribution < 1.29 is 19.4 Å². The molecule has 1 aliphatic rings. The van der Waals surface area contributed by atoms with Gasteiger partial charge in [-0.2, -0.15) is 0 Å². The van der Waals surface area contributed by atoms with Crippen LogP contribution in [0.3, 0.4) is 0 Å². The smallest absolute Gasteiger partial charge is 0.153 e. The van der Waals surface area contributed by atoms with Crippen molar-refractivity contribution in [3.8, 4) is 0 Å². The van der Waals surface area contributed by atoms with E-state index in [1.807, 2.05) is 0 Å². The predicted octanol–water partition coefficient (Wildman–Crippen LogP) is 0.132. The molecule has 1 heterocycles. The minimum absolute atomic E-state index is 0.0706. The molecule has 4 heteroatoms. The van der Waals surface area contributed by atoms with Crippen molar-refractivity contribution in [3.05, 3.63) is 0 Å². The second-order valence-corrected chi connectivity index (χ2v) is 3.60. The molecule has 0 bridgehead atoms. The highest BCUT2D eigenvalue weighted by Crippen LogP contribution is 2.12. The van der Waals surface area contributed by atoms with Crippen LogP contribution >= 0.6 is 0 Å². The quantitative estimate of drug-likeness (QED) is 0.637. The Morgan fingerprint density at radius 2 is 2.23 bits per heavy atom. The number of hydrogen-bond donors (Lipinski definition) is 1. The number of aldehydes is 1. The molecular weight excluding hydrogens is 172 g/mol. The molecule has 0 aromatic carbocycles. The molecule has 1 atom stereocenters. The second-order valence-electron chi connectivity index (χ2n) is 3.60. The van der Waals surface area contributed by atoms with E-state index in [4.69, 9.17) is 9.47 Å². The molecule has 0 saturated carbocycles. The summed E-state index contributed by atoms with van der Waals surface area (Å²) in [4.78, 5) is 10.3. The summed E-state index contributed by atoms with van der Waals surface area (Å²) in [5, 5.41) is 9.33. The molecule has 1 N–H and O–H groups in total. The fraction of sp³-hybridized carbons (Fsp3) is 0.889. The molecule has 4 nitrogen and oxygen atoms in total. The summed E-state index contributed by atoms with van der Waals surface area (Å²) in [6.07, 6.45) is 2.32. The van der Waals surface area contributed by atoms with Crippen LogP contribution in [0.5, 0.6) is 0 Å². The Labute approximate surface area is 77.8 Å².